The van der Waals surface area contributed by atoms with Crippen molar-refractivity contribution in [1.82, 2.24) is 4.98 Å². The van der Waals surface area contributed by atoms with Crippen molar-refractivity contribution < 1.29 is 13.2 Å². The summed E-state index contributed by atoms with van der Waals surface area (Å²) in [6.07, 6.45) is -5.26. The van der Waals surface area contributed by atoms with Gasteiger partial charge in [0.1, 0.15) is 0 Å². The summed E-state index contributed by atoms with van der Waals surface area (Å²) >= 11 is 1.38. The van der Waals surface area contributed by atoms with Gasteiger partial charge in [-0.1, -0.05) is 36.4 Å². The van der Waals surface area contributed by atoms with E-state index in [4.69, 9.17) is 0 Å². The summed E-state index contributed by atoms with van der Waals surface area (Å²) in [5.74, 6) is 0. The van der Waals surface area contributed by atoms with Crippen LogP contribution in [0.2, 0.25) is 0 Å². The molecule has 0 saturated carbocycles. The summed E-state index contributed by atoms with van der Waals surface area (Å²) in [6.45, 7) is 0. The van der Waals surface area contributed by atoms with Gasteiger partial charge in [0.25, 0.3) is 0 Å². The first kappa shape index (κ1) is 13.5. The Kier molecular flexibility index (Phi) is 2.87. The molecule has 0 aliphatic rings. The average Bonchev–Trinajstić information content (AvgIpc) is 2.86. The van der Waals surface area contributed by atoms with E-state index >= 15 is 0 Å². The van der Waals surface area contributed by atoms with E-state index in [9.17, 15) is 13.2 Å². The molecule has 0 N–H and O–H groups in total. The van der Waals surface area contributed by atoms with Gasteiger partial charge in [0.2, 0.25) is 0 Å². The topological polar surface area (TPSA) is 12.9 Å². The van der Waals surface area contributed by atoms with Crippen molar-refractivity contribution in [1.29, 1.82) is 0 Å². The second-order valence-electron chi connectivity index (χ2n) is 5.17. The van der Waals surface area contributed by atoms with E-state index in [0.717, 1.165) is 20.9 Å². The van der Waals surface area contributed by atoms with Gasteiger partial charge in [0, 0.05) is 20.9 Å². The molecular weight excluding hydrogens is 307 g/mol. The zero-order valence-corrected chi connectivity index (χ0v) is 12.1. The lowest BCUT2D eigenvalue weighted by atomic mass is 10.1. The number of alkyl halides is 3. The number of pyridine rings is 1. The van der Waals surface area contributed by atoms with E-state index in [1.807, 2.05) is 36.4 Å². The van der Waals surface area contributed by atoms with Crippen molar-refractivity contribution in [2.24, 2.45) is 0 Å². The summed E-state index contributed by atoms with van der Waals surface area (Å²) < 4.78 is 40.3. The van der Waals surface area contributed by atoms with Crippen LogP contribution in [0.5, 0.6) is 0 Å². The number of rotatable bonds is 1. The van der Waals surface area contributed by atoms with E-state index in [2.05, 4.69) is 4.98 Å². The molecule has 2 heterocycles. The zero-order chi connectivity index (χ0) is 15.3. The Morgan fingerprint density at radius 1 is 0.909 bits per heavy atom. The number of hydrogen-bond acceptors (Lipinski definition) is 2. The number of aromatic nitrogens is 1. The van der Waals surface area contributed by atoms with Crippen molar-refractivity contribution in [3.63, 3.8) is 0 Å². The van der Waals surface area contributed by atoms with Gasteiger partial charge in [-0.15, -0.1) is 11.3 Å². The highest BCUT2D eigenvalue weighted by Crippen LogP contribution is 2.40. The lowest BCUT2D eigenvalue weighted by molar-refractivity contribution is -0.127. The van der Waals surface area contributed by atoms with Crippen LogP contribution in [0.4, 0.5) is 13.2 Å². The minimum absolute atomic E-state index is 0.113. The summed E-state index contributed by atoms with van der Waals surface area (Å²) in [6, 6.07) is 15.1. The van der Waals surface area contributed by atoms with Crippen LogP contribution in [0.3, 0.4) is 0 Å². The van der Waals surface area contributed by atoms with Crippen LogP contribution < -0.4 is 0 Å². The molecule has 0 atom stereocenters. The number of nitrogens with zero attached hydrogens (tertiary/aromatic N) is 1. The van der Waals surface area contributed by atoms with Crippen LogP contribution in [-0.2, 0) is 6.42 Å². The molecule has 2 aromatic heterocycles. The van der Waals surface area contributed by atoms with Gasteiger partial charge < -0.3 is 0 Å². The quantitative estimate of drug-likeness (QED) is 0.438. The maximum absolute atomic E-state index is 12.9. The highest BCUT2D eigenvalue weighted by atomic mass is 32.1. The van der Waals surface area contributed by atoms with Gasteiger partial charge in [-0.05, 0) is 12.1 Å². The summed E-state index contributed by atoms with van der Waals surface area (Å²) in [5.41, 5.74) is 0.722. The molecule has 0 spiro atoms. The maximum Gasteiger partial charge on any atom is 0.394 e. The third-order valence-electron chi connectivity index (χ3n) is 3.65. The molecule has 0 fully saturated rings. The first-order valence-electron chi connectivity index (χ1n) is 6.78. The molecule has 4 aromatic rings. The van der Waals surface area contributed by atoms with E-state index in [1.165, 1.54) is 11.3 Å². The fraction of sp³-hybridized carbons (Fsp3) is 0.118. The van der Waals surface area contributed by atoms with Crippen LogP contribution in [-0.4, -0.2) is 11.2 Å². The van der Waals surface area contributed by atoms with Crippen molar-refractivity contribution >= 4 is 42.4 Å². The Morgan fingerprint density at radius 2 is 1.59 bits per heavy atom. The van der Waals surface area contributed by atoms with Gasteiger partial charge in [-0.2, -0.15) is 13.2 Å². The monoisotopic (exact) mass is 317 g/mol. The van der Waals surface area contributed by atoms with Crippen LogP contribution in [0.1, 0.15) is 5.69 Å². The fourth-order valence-corrected chi connectivity index (χ4v) is 4.01. The molecule has 0 bridgehead atoms. The number of halogens is 3. The Bertz CT molecular complexity index is 1000. The normalized spacial score (nSPS) is 12.5. The first-order chi connectivity index (χ1) is 10.5. The van der Waals surface area contributed by atoms with Crippen LogP contribution in [0.25, 0.3) is 31.1 Å². The van der Waals surface area contributed by atoms with E-state index in [1.54, 1.807) is 12.1 Å². The average molecular weight is 317 g/mol. The molecule has 4 rings (SSSR count). The zero-order valence-electron chi connectivity index (χ0n) is 11.3. The third-order valence-corrected chi connectivity index (χ3v) is 4.87. The second kappa shape index (κ2) is 4.68. The number of hydrogen-bond donors (Lipinski definition) is 0. The number of benzene rings is 2. The standard InChI is InChI=1S/C17H10F3NS/c18-17(19,20)9-13-16-15(10-5-1-3-7-12(10)21-13)11-6-2-4-8-14(11)22-16/h1-8H,9H2. The van der Waals surface area contributed by atoms with Gasteiger partial charge in [-0.25, -0.2) is 0 Å². The van der Waals surface area contributed by atoms with E-state index in [-0.39, 0.29) is 5.69 Å². The lowest BCUT2D eigenvalue weighted by Gasteiger charge is -2.09. The molecule has 1 nitrogen and oxygen atoms in total. The Labute approximate surface area is 128 Å². The third kappa shape index (κ3) is 2.13. The first-order valence-corrected chi connectivity index (χ1v) is 7.60. The smallest absolute Gasteiger partial charge is 0.251 e. The van der Waals surface area contributed by atoms with Crippen molar-refractivity contribution in [2.45, 2.75) is 12.6 Å². The van der Waals surface area contributed by atoms with E-state index in [0.29, 0.717) is 10.2 Å². The van der Waals surface area contributed by atoms with Gasteiger partial charge in [0.15, 0.2) is 0 Å². The number of fused-ring (bicyclic) bond motifs is 5. The predicted octanol–water partition coefficient (Wildman–Crippen LogP) is 5.71. The molecule has 0 radical (unpaired) electrons. The largest absolute Gasteiger partial charge is 0.394 e. The van der Waals surface area contributed by atoms with Crippen LogP contribution in [0.15, 0.2) is 48.5 Å². The summed E-state index contributed by atoms with van der Waals surface area (Å²) in [7, 11) is 0. The highest BCUT2D eigenvalue weighted by molar-refractivity contribution is 7.26. The van der Waals surface area contributed by atoms with Gasteiger partial charge >= 0.3 is 6.18 Å². The predicted molar refractivity (Wildman–Crippen MR) is 84.4 cm³/mol. The maximum atomic E-state index is 12.9. The summed E-state index contributed by atoms with van der Waals surface area (Å²) in [4.78, 5) is 4.27. The molecule has 22 heavy (non-hydrogen) atoms. The Hall–Kier alpha value is -2.14. The van der Waals surface area contributed by atoms with Gasteiger partial charge in [-0.3, -0.25) is 4.98 Å². The summed E-state index contributed by atoms with van der Waals surface area (Å²) in [5, 5.41) is 2.77. The Balaban J connectivity index is 2.19. The lowest BCUT2D eigenvalue weighted by Crippen LogP contribution is -2.12. The van der Waals surface area contributed by atoms with Crippen molar-refractivity contribution in [3.05, 3.63) is 54.2 Å². The molecule has 0 amide bonds. The van der Waals surface area contributed by atoms with Crippen molar-refractivity contribution in [3.8, 4) is 0 Å². The molecule has 5 heteroatoms. The number of para-hydroxylation sites is 1. The molecule has 2 aromatic carbocycles. The fourth-order valence-electron chi connectivity index (χ4n) is 2.80. The van der Waals surface area contributed by atoms with E-state index < -0.39 is 12.6 Å². The molecule has 110 valence electrons. The number of thiophene rings is 1. The minimum Gasteiger partial charge on any atom is -0.251 e. The molecule has 0 unspecified atom stereocenters. The Morgan fingerprint density at radius 3 is 2.36 bits per heavy atom. The minimum atomic E-state index is -4.27. The second-order valence-corrected chi connectivity index (χ2v) is 6.22. The molecule has 0 aliphatic carbocycles. The van der Waals surface area contributed by atoms with Crippen LogP contribution >= 0.6 is 11.3 Å². The molecule has 0 aliphatic heterocycles. The molecular formula is C17H10F3NS. The highest BCUT2D eigenvalue weighted by Gasteiger charge is 2.30. The SMILES string of the molecule is FC(F)(F)Cc1nc2ccccc2c2c1sc1ccccc12. The van der Waals surface area contributed by atoms with Crippen LogP contribution in [0, 0.1) is 0 Å². The van der Waals surface area contributed by atoms with Crippen molar-refractivity contribution in [2.75, 3.05) is 0 Å². The molecule has 0 saturated heterocycles. The van der Waals surface area contributed by atoms with Gasteiger partial charge in [0.05, 0.1) is 22.3 Å².